The van der Waals surface area contributed by atoms with Gasteiger partial charge in [0.15, 0.2) is 0 Å². The van der Waals surface area contributed by atoms with Crippen molar-refractivity contribution < 1.29 is 13.5 Å². The summed E-state index contributed by atoms with van der Waals surface area (Å²) in [5.41, 5.74) is 1.05. The predicted octanol–water partition coefficient (Wildman–Crippen LogP) is 3.48. The van der Waals surface area contributed by atoms with E-state index in [1.807, 2.05) is 13.1 Å². The summed E-state index contributed by atoms with van der Waals surface area (Å²) in [6.07, 6.45) is 1.63. The summed E-state index contributed by atoms with van der Waals surface area (Å²) < 4.78 is 24.3. The fourth-order valence-corrected chi connectivity index (χ4v) is 1.91. The molecular formula is C13H13BrFNO2. The molecule has 0 aliphatic carbocycles. The second-order valence-corrected chi connectivity index (χ2v) is 4.62. The van der Waals surface area contributed by atoms with E-state index in [1.54, 1.807) is 18.4 Å². The van der Waals surface area contributed by atoms with Gasteiger partial charge in [-0.25, -0.2) is 4.39 Å². The summed E-state index contributed by atoms with van der Waals surface area (Å²) >= 11 is 3.12. The van der Waals surface area contributed by atoms with Gasteiger partial charge in [0.25, 0.3) is 0 Å². The van der Waals surface area contributed by atoms with Crippen LogP contribution in [0.3, 0.4) is 0 Å². The van der Waals surface area contributed by atoms with Gasteiger partial charge in [0.2, 0.25) is 0 Å². The van der Waals surface area contributed by atoms with Crippen LogP contribution in [0.5, 0.6) is 5.75 Å². The molecule has 0 unspecified atom stereocenters. The number of furan rings is 1. The van der Waals surface area contributed by atoms with Crippen molar-refractivity contribution in [2.75, 3.05) is 7.05 Å². The number of halogens is 2. The Bertz CT molecular complexity index is 527. The van der Waals surface area contributed by atoms with E-state index in [0.717, 1.165) is 17.9 Å². The van der Waals surface area contributed by atoms with Crippen molar-refractivity contribution in [2.24, 2.45) is 0 Å². The summed E-state index contributed by atoms with van der Waals surface area (Å²) in [4.78, 5) is 0. The molecule has 0 atom stereocenters. The Morgan fingerprint density at radius 2 is 2.22 bits per heavy atom. The lowest BCUT2D eigenvalue weighted by molar-refractivity contribution is 0.267. The summed E-state index contributed by atoms with van der Waals surface area (Å²) in [7, 11) is 1.87. The number of benzene rings is 1. The second-order valence-electron chi connectivity index (χ2n) is 3.76. The maximum atomic E-state index is 13.0. The average molecular weight is 314 g/mol. The zero-order valence-corrected chi connectivity index (χ0v) is 11.5. The quantitative estimate of drug-likeness (QED) is 0.917. The molecule has 0 fully saturated rings. The molecule has 0 aliphatic rings. The Hall–Kier alpha value is -1.33. The van der Waals surface area contributed by atoms with Crippen molar-refractivity contribution in [3.8, 4) is 5.75 Å². The van der Waals surface area contributed by atoms with Crippen molar-refractivity contribution >= 4 is 15.9 Å². The van der Waals surface area contributed by atoms with Gasteiger partial charge < -0.3 is 14.5 Å². The number of hydrogen-bond donors (Lipinski definition) is 1. The predicted molar refractivity (Wildman–Crippen MR) is 69.9 cm³/mol. The zero-order valence-electron chi connectivity index (χ0n) is 9.87. The first-order valence-electron chi connectivity index (χ1n) is 5.48. The highest BCUT2D eigenvalue weighted by Crippen LogP contribution is 2.23. The van der Waals surface area contributed by atoms with Gasteiger partial charge in [-0.3, -0.25) is 0 Å². The van der Waals surface area contributed by atoms with E-state index >= 15 is 0 Å². The standard InChI is InChI=1S/C13H13BrFNO2/c1-16-7-9-4-5-17-13(9)8-18-10-2-3-12(15)11(14)6-10/h2-6,16H,7-8H2,1H3. The molecule has 1 aromatic carbocycles. The second kappa shape index (κ2) is 6.02. The molecule has 1 aromatic heterocycles. The molecule has 2 aromatic rings. The van der Waals surface area contributed by atoms with Gasteiger partial charge in [0, 0.05) is 12.1 Å². The third kappa shape index (κ3) is 3.11. The molecule has 0 spiro atoms. The van der Waals surface area contributed by atoms with E-state index in [1.165, 1.54) is 6.07 Å². The maximum absolute atomic E-state index is 13.0. The Kier molecular flexibility index (Phi) is 4.38. The normalized spacial score (nSPS) is 10.6. The maximum Gasteiger partial charge on any atom is 0.146 e. The van der Waals surface area contributed by atoms with Crippen LogP contribution in [0.4, 0.5) is 4.39 Å². The van der Waals surface area contributed by atoms with Crippen LogP contribution >= 0.6 is 15.9 Å². The smallest absolute Gasteiger partial charge is 0.146 e. The molecule has 96 valence electrons. The summed E-state index contributed by atoms with van der Waals surface area (Å²) in [6.45, 7) is 1.05. The molecule has 1 N–H and O–H groups in total. The Morgan fingerprint density at radius 3 is 2.94 bits per heavy atom. The van der Waals surface area contributed by atoms with Gasteiger partial charge >= 0.3 is 0 Å². The molecule has 0 aliphatic heterocycles. The largest absolute Gasteiger partial charge is 0.486 e. The van der Waals surface area contributed by atoms with E-state index in [9.17, 15) is 4.39 Å². The molecule has 0 radical (unpaired) electrons. The third-order valence-electron chi connectivity index (χ3n) is 2.47. The minimum atomic E-state index is -0.309. The topological polar surface area (TPSA) is 34.4 Å². The lowest BCUT2D eigenvalue weighted by Gasteiger charge is -2.06. The summed E-state index contributed by atoms with van der Waals surface area (Å²) in [5.74, 6) is 1.05. The SMILES string of the molecule is CNCc1ccoc1COc1ccc(F)c(Br)c1. The molecule has 0 saturated heterocycles. The van der Waals surface area contributed by atoms with E-state index in [2.05, 4.69) is 21.2 Å². The van der Waals surface area contributed by atoms with Crippen molar-refractivity contribution in [3.63, 3.8) is 0 Å². The van der Waals surface area contributed by atoms with Crippen LogP contribution in [0.25, 0.3) is 0 Å². The Morgan fingerprint density at radius 1 is 1.39 bits per heavy atom. The molecule has 2 rings (SSSR count). The summed E-state index contributed by atoms with van der Waals surface area (Å²) in [5, 5.41) is 3.05. The van der Waals surface area contributed by atoms with Crippen LogP contribution in [-0.2, 0) is 13.2 Å². The lowest BCUT2D eigenvalue weighted by Crippen LogP contribution is -2.07. The van der Waals surface area contributed by atoms with E-state index in [4.69, 9.17) is 9.15 Å². The fraction of sp³-hybridized carbons (Fsp3) is 0.231. The number of ether oxygens (including phenoxy) is 1. The van der Waals surface area contributed by atoms with Crippen LogP contribution in [0.15, 0.2) is 39.4 Å². The van der Waals surface area contributed by atoms with Gasteiger partial charge in [0.05, 0.1) is 10.7 Å². The molecule has 1 heterocycles. The van der Waals surface area contributed by atoms with E-state index < -0.39 is 0 Å². The van der Waals surface area contributed by atoms with Gasteiger partial charge in [-0.1, -0.05) is 0 Å². The first kappa shape index (κ1) is 13.1. The molecule has 0 bridgehead atoms. The zero-order chi connectivity index (χ0) is 13.0. The Balaban J connectivity index is 2.02. The molecular weight excluding hydrogens is 301 g/mol. The molecule has 18 heavy (non-hydrogen) atoms. The van der Waals surface area contributed by atoms with Gasteiger partial charge in [-0.05, 0) is 47.2 Å². The molecule has 0 amide bonds. The Labute approximate surface area is 113 Å². The molecule has 3 nitrogen and oxygen atoms in total. The van der Waals surface area contributed by atoms with Gasteiger partial charge in [0.1, 0.15) is 23.9 Å². The van der Waals surface area contributed by atoms with Gasteiger partial charge in [-0.2, -0.15) is 0 Å². The van der Waals surface area contributed by atoms with Crippen LogP contribution in [-0.4, -0.2) is 7.05 Å². The minimum absolute atomic E-state index is 0.309. The monoisotopic (exact) mass is 313 g/mol. The molecule has 5 heteroatoms. The van der Waals surface area contributed by atoms with Crippen molar-refractivity contribution in [2.45, 2.75) is 13.2 Å². The highest BCUT2D eigenvalue weighted by molar-refractivity contribution is 9.10. The van der Waals surface area contributed by atoms with Crippen molar-refractivity contribution in [3.05, 3.63) is 52.1 Å². The van der Waals surface area contributed by atoms with Crippen molar-refractivity contribution in [1.82, 2.24) is 5.32 Å². The number of hydrogen-bond acceptors (Lipinski definition) is 3. The van der Waals surface area contributed by atoms with Crippen LogP contribution in [0, 0.1) is 5.82 Å². The first-order valence-corrected chi connectivity index (χ1v) is 6.27. The van der Waals surface area contributed by atoms with Crippen molar-refractivity contribution in [1.29, 1.82) is 0 Å². The average Bonchev–Trinajstić information content (AvgIpc) is 2.79. The fourth-order valence-electron chi connectivity index (χ4n) is 1.56. The lowest BCUT2D eigenvalue weighted by atomic mass is 10.2. The van der Waals surface area contributed by atoms with Gasteiger partial charge in [-0.15, -0.1) is 0 Å². The number of nitrogens with one attached hydrogen (secondary N) is 1. The summed E-state index contributed by atoms with van der Waals surface area (Å²) in [6, 6.07) is 6.43. The van der Waals surface area contributed by atoms with E-state index in [-0.39, 0.29) is 5.82 Å². The third-order valence-corrected chi connectivity index (χ3v) is 3.07. The number of rotatable bonds is 5. The highest BCUT2D eigenvalue weighted by Gasteiger charge is 2.07. The first-order chi connectivity index (χ1) is 8.70. The minimum Gasteiger partial charge on any atom is -0.486 e. The van der Waals surface area contributed by atoms with Crippen LogP contribution < -0.4 is 10.1 Å². The van der Waals surface area contributed by atoms with Crippen LogP contribution in [0.1, 0.15) is 11.3 Å². The van der Waals surface area contributed by atoms with Crippen LogP contribution in [0.2, 0.25) is 0 Å². The highest BCUT2D eigenvalue weighted by atomic mass is 79.9. The molecule has 0 saturated carbocycles. The van der Waals surface area contributed by atoms with E-state index in [0.29, 0.717) is 16.8 Å².